The first-order valence-electron chi connectivity index (χ1n) is 8.93. The van der Waals surface area contributed by atoms with E-state index in [2.05, 4.69) is 31.6 Å². The Bertz CT molecular complexity index is 863. The van der Waals surface area contributed by atoms with Crippen molar-refractivity contribution in [3.8, 4) is 0 Å². The van der Waals surface area contributed by atoms with E-state index in [0.29, 0.717) is 31.6 Å². The molecule has 0 saturated heterocycles. The second-order valence-electron chi connectivity index (χ2n) is 7.24. The van der Waals surface area contributed by atoms with E-state index in [0.717, 1.165) is 48.1 Å². The lowest BCUT2D eigenvalue weighted by Gasteiger charge is -2.31. The van der Waals surface area contributed by atoms with Gasteiger partial charge in [-0.2, -0.15) is 0 Å². The molecule has 2 aromatic heterocycles. The Morgan fingerprint density at radius 2 is 2.00 bits per heavy atom. The van der Waals surface area contributed by atoms with Crippen molar-refractivity contribution >= 4 is 0 Å². The smallest absolute Gasteiger partial charge is 0.258 e. The standard InChI is InChI=1S/C17H25N7O/c1-4-24-15(20-21-16(24)11-5-12(18)6-11)9-23-7-13-14(8-23)19-10(2)22(3)17(13)25/h11-12H,4-9,18H2,1-3H3. The van der Waals surface area contributed by atoms with E-state index in [9.17, 15) is 4.79 Å². The molecule has 4 rings (SSSR count). The van der Waals surface area contributed by atoms with Crippen LogP contribution in [0.3, 0.4) is 0 Å². The maximum Gasteiger partial charge on any atom is 0.258 e. The molecule has 2 aromatic rings. The predicted molar refractivity (Wildman–Crippen MR) is 92.8 cm³/mol. The van der Waals surface area contributed by atoms with E-state index >= 15 is 0 Å². The molecule has 8 nitrogen and oxygen atoms in total. The van der Waals surface area contributed by atoms with Crippen LogP contribution < -0.4 is 11.3 Å². The van der Waals surface area contributed by atoms with Gasteiger partial charge in [-0.15, -0.1) is 10.2 Å². The van der Waals surface area contributed by atoms with Crippen molar-refractivity contribution in [1.82, 2.24) is 29.2 Å². The SMILES string of the molecule is CCn1c(CN2Cc3nc(C)n(C)c(=O)c3C2)nnc1C1CC(N)C1. The van der Waals surface area contributed by atoms with Crippen molar-refractivity contribution in [3.63, 3.8) is 0 Å². The molecule has 2 aliphatic rings. The van der Waals surface area contributed by atoms with E-state index in [1.54, 1.807) is 11.6 Å². The summed E-state index contributed by atoms with van der Waals surface area (Å²) in [5.41, 5.74) is 7.68. The van der Waals surface area contributed by atoms with Gasteiger partial charge in [-0.3, -0.25) is 14.3 Å². The van der Waals surface area contributed by atoms with Crippen molar-refractivity contribution in [2.24, 2.45) is 12.8 Å². The van der Waals surface area contributed by atoms with Crippen LogP contribution in [0.1, 0.15) is 54.4 Å². The number of hydrogen-bond donors (Lipinski definition) is 1. The van der Waals surface area contributed by atoms with Crippen LogP contribution in [0.4, 0.5) is 0 Å². The fourth-order valence-corrected chi connectivity index (χ4v) is 3.89. The Balaban J connectivity index is 1.54. The molecule has 0 atom stereocenters. The number of nitrogens with zero attached hydrogens (tertiary/aromatic N) is 6. The van der Waals surface area contributed by atoms with Gasteiger partial charge in [-0.25, -0.2) is 4.98 Å². The van der Waals surface area contributed by atoms with Gasteiger partial charge in [-0.1, -0.05) is 0 Å². The Morgan fingerprint density at radius 1 is 1.24 bits per heavy atom. The first-order valence-corrected chi connectivity index (χ1v) is 8.93. The zero-order valence-electron chi connectivity index (χ0n) is 15.1. The van der Waals surface area contributed by atoms with Gasteiger partial charge in [0.05, 0.1) is 17.8 Å². The van der Waals surface area contributed by atoms with Crippen LogP contribution in [0, 0.1) is 6.92 Å². The van der Waals surface area contributed by atoms with Gasteiger partial charge in [0.1, 0.15) is 17.5 Å². The number of aromatic nitrogens is 5. The number of aryl methyl sites for hydroxylation is 1. The largest absolute Gasteiger partial charge is 0.328 e. The molecular formula is C17H25N7O. The maximum atomic E-state index is 12.4. The van der Waals surface area contributed by atoms with Crippen LogP contribution in [-0.4, -0.2) is 35.3 Å². The number of hydrogen-bond acceptors (Lipinski definition) is 6. The Labute approximate surface area is 146 Å². The van der Waals surface area contributed by atoms with Crippen molar-refractivity contribution in [3.05, 3.63) is 39.1 Å². The van der Waals surface area contributed by atoms with Gasteiger partial charge >= 0.3 is 0 Å². The van der Waals surface area contributed by atoms with Gasteiger partial charge < -0.3 is 10.3 Å². The molecule has 0 aromatic carbocycles. The van der Waals surface area contributed by atoms with E-state index < -0.39 is 0 Å². The van der Waals surface area contributed by atoms with Crippen LogP contribution in [0.5, 0.6) is 0 Å². The molecule has 0 spiro atoms. The predicted octanol–water partition coefficient (Wildman–Crippen LogP) is 0.421. The van der Waals surface area contributed by atoms with Crippen LogP contribution in [0.2, 0.25) is 0 Å². The molecule has 0 amide bonds. The summed E-state index contributed by atoms with van der Waals surface area (Å²) in [6.07, 6.45) is 1.99. The third-order valence-corrected chi connectivity index (χ3v) is 5.53. The van der Waals surface area contributed by atoms with Crippen molar-refractivity contribution in [2.75, 3.05) is 0 Å². The summed E-state index contributed by atoms with van der Waals surface area (Å²) in [5, 5.41) is 8.86. The van der Waals surface area contributed by atoms with Crippen molar-refractivity contribution in [2.45, 2.75) is 64.8 Å². The monoisotopic (exact) mass is 343 g/mol. The molecule has 0 bridgehead atoms. The van der Waals surface area contributed by atoms with Gasteiger partial charge in [0.25, 0.3) is 5.56 Å². The zero-order valence-corrected chi connectivity index (χ0v) is 15.1. The lowest BCUT2D eigenvalue weighted by Crippen LogP contribution is -2.36. The Hall–Kier alpha value is -2.06. The van der Waals surface area contributed by atoms with E-state index in [1.807, 2.05) is 6.92 Å². The first kappa shape index (κ1) is 16.4. The first-order chi connectivity index (χ1) is 12.0. The van der Waals surface area contributed by atoms with E-state index in [4.69, 9.17) is 5.73 Å². The second-order valence-corrected chi connectivity index (χ2v) is 7.24. The van der Waals surface area contributed by atoms with Crippen LogP contribution in [-0.2, 0) is 33.2 Å². The lowest BCUT2D eigenvalue weighted by molar-refractivity contribution is 0.260. The average Bonchev–Trinajstić information content (AvgIpc) is 3.13. The lowest BCUT2D eigenvalue weighted by atomic mass is 9.80. The minimum absolute atomic E-state index is 0.0612. The van der Waals surface area contributed by atoms with Crippen molar-refractivity contribution in [1.29, 1.82) is 0 Å². The highest BCUT2D eigenvalue weighted by Crippen LogP contribution is 2.35. The number of rotatable bonds is 4. The summed E-state index contributed by atoms with van der Waals surface area (Å²) in [4.78, 5) is 19.2. The van der Waals surface area contributed by atoms with Gasteiger partial charge in [0.2, 0.25) is 0 Å². The highest BCUT2D eigenvalue weighted by atomic mass is 16.1. The summed E-state index contributed by atoms with van der Waals surface area (Å²) in [6, 6.07) is 0.300. The summed E-state index contributed by atoms with van der Waals surface area (Å²) >= 11 is 0. The van der Waals surface area contributed by atoms with Crippen LogP contribution in [0.25, 0.3) is 0 Å². The van der Waals surface area contributed by atoms with Crippen LogP contribution >= 0.6 is 0 Å². The van der Waals surface area contributed by atoms with E-state index in [-0.39, 0.29) is 5.56 Å². The van der Waals surface area contributed by atoms with Gasteiger partial charge in [-0.05, 0) is 26.7 Å². The summed E-state index contributed by atoms with van der Waals surface area (Å²) in [6.45, 7) is 6.82. The topological polar surface area (TPSA) is 94.9 Å². The molecule has 3 heterocycles. The normalized spacial score (nSPS) is 22.9. The van der Waals surface area contributed by atoms with Gasteiger partial charge in [0, 0.05) is 38.6 Å². The van der Waals surface area contributed by atoms with E-state index in [1.165, 1.54) is 0 Å². The minimum atomic E-state index is 0.0612. The molecule has 134 valence electrons. The fraction of sp³-hybridized carbons (Fsp3) is 0.647. The molecular weight excluding hydrogens is 318 g/mol. The molecule has 1 saturated carbocycles. The third-order valence-electron chi connectivity index (χ3n) is 5.53. The molecule has 2 N–H and O–H groups in total. The molecule has 25 heavy (non-hydrogen) atoms. The zero-order chi connectivity index (χ0) is 17.7. The summed E-state index contributed by atoms with van der Waals surface area (Å²) < 4.78 is 3.82. The highest BCUT2D eigenvalue weighted by molar-refractivity contribution is 5.23. The number of fused-ring (bicyclic) bond motifs is 1. The Morgan fingerprint density at radius 3 is 2.68 bits per heavy atom. The summed E-state index contributed by atoms with van der Waals surface area (Å²) in [7, 11) is 1.77. The quantitative estimate of drug-likeness (QED) is 0.864. The van der Waals surface area contributed by atoms with Crippen LogP contribution in [0.15, 0.2) is 4.79 Å². The Kier molecular flexibility index (Phi) is 3.96. The molecule has 0 radical (unpaired) electrons. The minimum Gasteiger partial charge on any atom is -0.328 e. The molecule has 1 aliphatic heterocycles. The number of nitrogens with two attached hydrogens (primary N) is 1. The third kappa shape index (κ3) is 2.69. The van der Waals surface area contributed by atoms with Crippen molar-refractivity contribution < 1.29 is 0 Å². The molecule has 0 unspecified atom stereocenters. The molecule has 8 heteroatoms. The molecule has 1 fully saturated rings. The maximum absolute atomic E-state index is 12.4. The second kappa shape index (κ2) is 6.03. The summed E-state index contributed by atoms with van der Waals surface area (Å²) in [5.74, 6) is 3.20. The average molecular weight is 343 g/mol. The molecule has 1 aliphatic carbocycles. The van der Waals surface area contributed by atoms with Gasteiger partial charge in [0.15, 0.2) is 0 Å². The highest BCUT2D eigenvalue weighted by Gasteiger charge is 2.33. The fourth-order valence-electron chi connectivity index (χ4n) is 3.89.